The molecule has 2 aromatic rings. The highest BCUT2D eigenvalue weighted by Gasteiger charge is 2.06. The van der Waals surface area contributed by atoms with Gasteiger partial charge in [0, 0.05) is 37.0 Å². The van der Waals surface area contributed by atoms with Gasteiger partial charge in [0.1, 0.15) is 5.82 Å². The fourth-order valence-electron chi connectivity index (χ4n) is 2.30. The maximum absolute atomic E-state index is 13.7. The van der Waals surface area contributed by atoms with Gasteiger partial charge in [-0.3, -0.25) is 9.78 Å². The number of hydrogen-bond acceptors (Lipinski definition) is 3. The fraction of sp³-hybridized carbons (Fsp3) is 0.333. The highest BCUT2D eigenvalue weighted by atomic mass is 19.1. The van der Waals surface area contributed by atoms with Crippen molar-refractivity contribution < 1.29 is 9.18 Å². The van der Waals surface area contributed by atoms with Crippen molar-refractivity contribution in [2.24, 2.45) is 0 Å². The molecule has 1 atom stereocenters. The summed E-state index contributed by atoms with van der Waals surface area (Å²) < 4.78 is 13.7. The van der Waals surface area contributed by atoms with E-state index in [9.17, 15) is 9.18 Å². The molecule has 5 heteroatoms. The van der Waals surface area contributed by atoms with E-state index in [4.69, 9.17) is 0 Å². The molecule has 0 saturated carbocycles. The van der Waals surface area contributed by atoms with Crippen LogP contribution in [0.5, 0.6) is 0 Å². The van der Waals surface area contributed by atoms with E-state index in [1.54, 1.807) is 19.2 Å². The van der Waals surface area contributed by atoms with Crippen molar-refractivity contribution in [3.63, 3.8) is 0 Å². The molecular weight excluding hydrogens is 293 g/mol. The Morgan fingerprint density at radius 2 is 2.09 bits per heavy atom. The lowest BCUT2D eigenvalue weighted by Crippen LogP contribution is -2.31. The third-order valence-corrected chi connectivity index (χ3v) is 3.58. The minimum absolute atomic E-state index is 0.0231. The predicted molar refractivity (Wildman–Crippen MR) is 90.8 cm³/mol. The van der Waals surface area contributed by atoms with Gasteiger partial charge in [0.05, 0.1) is 5.69 Å². The first-order valence-electron chi connectivity index (χ1n) is 7.69. The normalized spacial score (nSPS) is 11.8. The van der Waals surface area contributed by atoms with Crippen LogP contribution < -0.4 is 10.6 Å². The lowest BCUT2D eigenvalue weighted by Gasteiger charge is -2.13. The quantitative estimate of drug-likeness (QED) is 0.857. The Labute approximate surface area is 136 Å². The third-order valence-electron chi connectivity index (χ3n) is 3.58. The second-order valence-corrected chi connectivity index (χ2v) is 5.71. The molecule has 0 saturated heterocycles. The number of rotatable bonds is 6. The van der Waals surface area contributed by atoms with Crippen LogP contribution in [0.3, 0.4) is 0 Å². The zero-order chi connectivity index (χ0) is 16.8. The number of hydrogen-bond donors (Lipinski definition) is 2. The number of pyridine rings is 1. The van der Waals surface area contributed by atoms with E-state index < -0.39 is 0 Å². The van der Waals surface area contributed by atoms with Gasteiger partial charge in [-0.25, -0.2) is 4.39 Å². The molecule has 2 N–H and O–H groups in total. The maximum Gasteiger partial charge on any atom is 0.217 e. The number of benzene rings is 1. The molecule has 0 radical (unpaired) electrons. The topological polar surface area (TPSA) is 54.0 Å². The van der Waals surface area contributed by atoms with Gasteiger partial charge in [0.25, 0.3) is 0 Å². The van der Waals surface area contributed by atoms with Crippen LogP contribution in [0.25, 0.3) is 11.3 Å². The van der Waals surface area contributed by atoms with Gasteiger partial charge in [0.15, 0.2) is 0 Å². The molecule has 0 aliphatic rings. The molecule has 4 nitrogen and oxygen atoms in total. The molecule has 1 heterocycles. The van der Waals surface area contributed by atoms with Gasteiger partial charge < -0.3 is 10.6 Å². The standard InChI is InChI=1S/C18H22FN3O/c1-12-4-5-15(10-17(12)19)18-11-16(7-9-21-18)20-8-6-13(2)22-14(3)23/h4-5,7,9-11,13H,6,8H2,1-3H3,(H,20,21)(H,22,23). The van der Waals surface area contributed by atoms with E-state index in [1.165, 1.54) is 13.0 Å². The van der Waals surface area contributed by atoms with Crippen LogP contribution in [-0.4, -0.2) is 23.5 Å². The lowest BCUT2D eigenvalue weighted by atomic mass is 10.1. The van der Waals surface area contributed by atoms with Gasteiger partial charge in [-0.2, -0.15) is 0 Å². The average molecular weight is 315 g/mol. The van der Waals surface area contributed by atoms with Crippen LogP contribution in [0, 0.1) is 12.7 Å². The number of carbonyl (C=O) groups is 1. The molecule has 2 rings (SSSR count). The molecule has 1 aromatic carbocycles. The van der Waals surface area contributed by atoms with E-state index in [0.717, 1.165) is 29.9 Å². The summed E-state index contributed by atoms with van der Waals surface area (Å²) in [6.45, 7) is 5.95. The van der Waals surface area contributed by atoms with Crippen molar-refractivity contribution in [1.82, 2.24) is 10.3 Å². The van der Waals surface area contributed by atoms with Gasteiger partial charge in [-0.05, 0) is 44.0 Å². The van der Waals surface area contributed by atoms with Gasteiger partial charge in [-0.1, -0.05) is 12.1 Å². The van der Waals surface area contributed by atoms with Crippen LogP contribution in [0.15, 0.2) is 36.5 Å². The number of carbonyl (C=O) groups excluding carboxylic acids is 1. The number of aryl methyl sites for hydroxylation is 1. The molecule has 1 amide bonds. The minimum Gasteiger partial charge on any atom is -0.385 e. The van der Waals surface area contributed by atoms with Gasteiger partial charge in [-0.15, -0.1) is 0 Å². The van der Waals surface area contributed by atoms with Crippen LogP contribution >= 0.6 is 0 Å². The first kappa shape index (κ1) is 16.9. The summed E-state index contributed by atoms with van der Waals surface area (Å²) in [5.74, 6) is -0.253. The first-order chi connectivity index (χ1) is 11.0. The summed E-state index contributed by atoms with van der Waals surface area (Å²) in [5.41, 5.74) is 3.02. The number of aromatic nitrogens is 1. The zero-order valence-corrected chi connectivity index (χ0v) is 13.7. The number of anilines is 1. The van der Waals surface area contributed by atoms with Crippen molar-refractivity contribution in [3.8, 4) is 11.3 Å². The summed E-state index contributed by atoms with van der Waals surface area (Å²) >= 11 is 0. The summed E-state index contributed by atoms with van der Waals surface area (Å²) in [6, 6.07) is 9.00. The Balaban J connectivity index is 1.99. The molecular formula is C18H22FN3O. The highest BCUT2D eigenvalue weighted by molar-refractivity contribution is 5.73. The number of nitrogens with one attached hydrogen (secondary N) is 2. The van der Waals surface area contributed by atoms with Crippen molar-refractivity contribution in [2.75, 3.05) is 11.9 Å². The van der Waals surface area contributed by atoms with Crippen molar-refractivity contribution >= 4 is 11.6 Å². The molecule has 0 spiro atoms. The Kier molecular flexibility index (Phi) is 5.68. The van der Waals surface area contributed by atoms with Crippen molar-refractivity contribution in [3.05, 3.63) is 47.9 Å². The maximum atomic E-state index is 13.7. The van der Waals surface area contributed by atoms with Crippen molar-refractivity contribution in [2.45, 2.75) is 33.2 Å². The van der Waals surface area contributed by atoms with Gasteiger partial charge >= 0.3 is 0 Å². The largest absolute Gasteiger partial charge is 0.385 e. The van der Waals surface area contributed by atoms with Crippen LogP contribution in [0.4, 0.5) is 10.1 Å². The Morgan fingerprint density at radius 3 is 2.78 bits per heavy atom. The fourth-order valence-corrected chi connectivity index (χ4v) is 2.30. The second kappa shape index (κ2) is 7.72. The average Bonchev–Trinajstić information content (AvgIpc) is 2.49. The summed E-state index contributed by atoms with van der Waals surface area (Å²) in [4.78, 5) is 15.3. The Morgan fingerprint density at radius 1 is 1.30 bits per heavy atom. The van der Waals surface area contributed by atoms with Gasteiger partial charge in [0.2, 0.25) is 5.91 Å². The molecule has 1 aromatic heterocycles. The summed E-state index contributed by atoms with van der Waals surface area (Å²) in [6.07, 6.45) is 2.52. The molecule has 1 unspecified atom stereocenters. The van der Waals surface area contributed by atoms with E-state index in [0.29, 0.717) is 5.56 Å². The van der Waals surface area contributed by atoms with E-state index in [-0.39, 0.29) is 17.8 Å². The van der Waals surface area contributed by atoms with Crippen LogP contribution in [0.1, 0.15) is 25.8 Å². The lowest BCUT2D eigenvalue weighted by molar-refractivity contribution is -0.119. The van der Waals surface area contributed by atoms with Crippen LogP contribution in [0.2, 0.25) is 0 Å². The summed E-state index contributed by atoms with van der Waals surface area (Å²) in [7, 11) is 0. The molecule has 122 valence electrons. The third kappa shape index (κ3) is 5.06. The molecule has 0 fully saturated rings. The molecule has 23 heavy (non-hydrogen) atoms. The molecule has 0 aliphatic heterocycles. The number of nitrogens with zero attached hydrogens (tertiary/aromatic N) is 1. The Hall–Kier alpha value is -2.43. The first-order valence-corrected chi connectivity index (χ1v) is 7.69. The number of amides is 1. The summed E-state index contributed by atoms with van der Waals surface area (Å²) in [5, 5.41) is 6.14. The van der Waals surface area contributed by atoms with Crippen molar-refractivity contribution in [1.29, 1.82) is 0 Å². The van der Waals surface area contributed by atoms with E-state index in [2.05, 4.69) is 15.6 Å². The smallest absolute Gasteiger partial charge is 0.217 e. The Bertz CT molecular complexity index is 688. The van der Waals surface area contributed by atoms with E-state index >= 15 is 0 Å². The monoisotopic (exact) mass is 315 g/mol. The highest BCUT2D eigenvalue weighted by Crippen LogP contribution is 2.22. The SMILES string of the molecule is CC(=O)NC(C)CCNc1ccnc(-c2ccc(C)c(F)c2)c1. The molecule has 0 bridgehead atoms. The number of halogens is 1. The molecule has 0 aliphatic carbocycles. The minimum atomic E-state index is -0.230. The van der Waals surface area contributed by atoms with E-state index in [1.807, 2.05) is 25.1 Å². The second-order valence-electron chi connectivity index (χ2n) is 5.71. The predicted octanol–water partition coefficient (Wildman–Crippen LogP) is 3.52. The zero-order valence-electron chi connectivity index (χ0n) is 13.7. The van der Waals surface area contributed by atoms with Crippen LogP contribution in [-0.2, 0) is 4.79 Å².